The molecule has 1 heterocycles. The number of nitrogens with one attached hydrogen (secondary N) is 1. The minimum absolute atomic E-state index is 0.641. The minimum Gasteiger partial charge on any atom is -0.495 e. The van der Waals surface area contributed by atoms with Gasteiger partial charge in [-0.1, -0.05) is 23.8 Å². The van der Waals surface area contributed by atoms with Gasteiger partial charge in [0.15, 0.2) is 0 Å². The molecule has 2 rings (SSSR count). The first-order valence-electron chi connectivity index (χ1n) is 4.08. The largest absolute Gasteiger partial charge is 0.495 e. The van der Waals surface area contributed by atoms with Crippen molar-refractivity contribution in [1.29, 1.82) is 0 Å². The molecular weight excluding hydrogens is 218 g/mol. The molecule has 2 aromatic rings. The van der Waals surface area contributed by atoms with Gasteiger partial charge in [-0.3, -0.25) is 0 Å². The number of hydrogen-bond donors (Lipinski definition) is 1. The molecular formula is C10H8ClNOS. The lowest BCUT2D eigenvalue weighted by Crippen LogP contribution is -1.88. The molecule has 0 saturated carbocycles. The van der Waals surface area contributed by atoms with E-state index < -0.39 is 0 Å². The average Bonchev–Trinajstić information content (AvgIpc) is 2.18. The highest BCUT2D eigenvalue weighted by Gasteiger charge is 2.05. The summed E-state index contributed by atoms with van der Waals surface area (Å²) in [6.45, 7) is 0. The Hall–Kier alpha value is -1.06. The lowest BCUT2D eigenvalue weighted by Gasteiger charge is -2.06. The second-order valence-electron chi connectivity index (χ2n) is 2.84. The fourth-order valence-electron chi connectivity index (χ4n) is 1.40. The maximum atomic E-state index is 6.05. The Bertz CT molecular complexity index is 535. The van der Waals surface area contributed by atoms with Crippen molar-refractivity contribution in [2.45, 2.75) is 0 Å². The third-order valence-electron chi connectivity index (χ3n) is 2.04. The molecule has 14 heavy (non-hydrogen) atoms. The van der Waals surface area contributed by atoms with E-state index in [1.165, 1.54) is 0 Å². The first-order chi connectivity index (χ1) is 6.74. The first-order valence-corrected chi connectivity index (χ1v) is 4.86. The van der Waals surface area contributed by atoms with Gasteiger partial charge in [0.25, 0.3) is 0 Å². The van der Waals surface area contributed by atoms with Crippen LogP contribution in [0.15, 0.2) is 24.4 Å². The van der Waals surface area contributed by atoms with Crippen LogP contribution in [-0.2, 0) is 0 Å². The zero-order chi connectivity index (χ0) is 10.1. The molecule has 0 atom stereocenters. The summed E-state index contributed by atoms with van der Waals surface area (Å²) in [6, 6.07) is 5.41. The monoisotopic (exact) mass is 225 g/mol. The summed E-state index contributed by atoms with van der Waals surface area (Å²) in [5, 5.41) is 1.48. The summed E-state index contributed by atoms with van der Waals surface area (Å²) < 4.78 is 5.93. The number of pyridine rings is 1. The SMILES string of the molecule is COc1ccc(Cl)c2c(=S)cc[nH]c12. The molecule has 0 bridgehead atoms. The van der Waals surface area contributed by atoms with Gasteiger partial charge >= 0.3 is 0 Å². The molecule has 4 heteroatoms. The van der Waals surface area contributed by atoms with Crippen LogP contribution in [0.25, 0.3) is 10.9 Å². The molecule has 0 aliphatic heterocycles. The van der Waals surface area contributed by atoms with Crippen molar-refractivity contribution in [3.05, 3.63) is 33.9 Å². The summed E-state index contributed by atoms with van der Waals surface area (Å²) in [6.07, 6.45) is 1.78. The second kappa shape index (κ2) is 3.59. The first kappa shape index (κ1) is 9.49. The van der Waals surface area contributed by atoms with Crippen LogP contribution >= 0.6 is 23.8 Å². The minimum atomic E-state index is 0.641. The van der Waals surface area contributed by atoms with E-state index in [2.05, 4.69) is 4.98 Å². The molecule has 72 valence electrons. The Kier molecular flexibility index (Phi) is 2.44. The number of hydrogen-bond acceptors (Lipinski definition) is 2. The zero-order valence-corrected chi connectivity index (χ0v) is 9.08. The van der Waals surface area contributed by atoms with Crippen molar-refractivity contribution in [2.24, 2.45) is 0 Å². The van der Waals surface area contributed by atoms with E-state index in [1.807, 2.05) is 12.1 Å². The van der Waals surface area contributed by atoms with Gasteiger partial charge in [-0.2, -0.15) is 0 Å². The van der Waals surface area contributed by atoms with E-state index in [9.17, 15) is 0 Å². The van der Waals surface area contributed by atoms with Crippen molar-refractivity contribution in [3.8, 4) is 5.75 Å². The maximum absolute atomic E-state index is 6.05. The van der Waals surface area contributed by atoms with Gasteiger partial charge in [0.05, 0.1) is 22.2 Å². The third kappa shape index (κ3) is 1.38. The molecule has 1 aromatic carbocycles. The lowest BCUT2D eigenvalue weighted by molar-refractivity contribution is 0.419. The third-order valence-corrected chi connectivity index (χ3v) is 2.70. The van der Waals surface area contributed by atoms with E-state index in [1.54, 1.807) is 19.4 Å². The molecule has 0 fully saturated rings. The van der Waals surface area contributed by atoms with Gasteiger partial charge in [0.1, 0.15) is 5.75 Å². The van der Waals surface area contributed by atoms with E-state index in [0.29, 0.717) is 5.02 Å². The maximum Gasteiger partial charge on any atom is 0.143 e. The Morgan fingerprint density at radius 1 is 1.36 bits per heavy atom. The molecule has 0 aliphatic rings. The number of H-pyrrole nitrogens is 1. The van der Waals surface area contributed by atoms with Crippen LogP contribution in [0.4, 0.5) is 0 Å². The number of rotatable bonds is 1. The highest BCUT2D eigenvalue weighted by atomic mass is 35.5. The van der Waals surface area contributed by atoms with Crippen molar-refractivity contribution in [2.75, 3.05) is 7.11 Å². The normalized spacial score (nSPS) is 10.4. The molecule has 0 saturated heterocycles. The summed E-state index contributed by atoms with van der Waals surface area (Å²) >= 11 is 11.2. The number of methoxy groups -OCH3 is 1. The Morgan fingerprint density at radius 3 is 2.86 bits per heavy atom. The van der Waals surface area contributed by atoms with Crippen molar-refractivity contribution >= 4 is 34.7 Å². The molecule has 0 aliphatic carbocycles. The Morgan fingerprint density at radius 2 is 2.14 bits per heavy atom. The van der Waals surface area contributed by atoms with Gasteiger partial charge in [-0.05, 0) is 18.2 Å². The lowest BCUT2D eigenvalue weighted by atomic mass is 10.2. The van der Waals surface area contributed by atoms with Crippen molar-refractivity contribution in [3.63, 3.8) is 0 Å². The fourth-order valence-corrected chi connectivity index (χ4v) is 1.99. The average molecular weight is 226 g/mol. The van der Waals surface area contributed by atoms with Gasteiger partial charge in [-0.25, -0.2) is 0 Å². The number of aromatic amines is 1. The highest BCUT2D eigenvalue weighted by molar-refractivity contribution is 7.71. The summed E-state index contributed by atoms with van der Waals surface area (Å²) in [5.41, 5.74) is 0.840. The van der Waals surface area contributed by atoms with Crippen LogP contribution in [0.2, 0.25) is 5.02 Å². The Labute approximate surface area is 91.5 Å². The summed E-state index contributed by atoms with van der Waals surface area (Å²) in [4.78, 5) is 3.08. The number of halogens is 1. The summed E-state index contributed by atoms with van der Waals surface area (Å²) in [7, 11) is 1.62. The zero-order valence-electron chi connectivity index (χ0n) is 7.50. The predicted molar refractivity (Wildman–Crippen MR) is 60.7 cm³/mol. The number of benzene rings is 1. The van der Waals surface area contributed by atoms with Gasteiger partial charge < -0.3 is 9.72 Å². The van der Waals surface area contributed by atoms with E-state index >= 15 is 0 Å². The van der Waals surface area contributed by atoms with Crippen molar-refractivity contribution < 1.29 is 4.74 Å². The highest BCUT2D eigenvalue weighted by Crippen LogP contribution is 2.30. The number of aromatic nitrogens is 1. The molecule has 1 aromatic heterocycles. The van der Waals surface area contributed by atoms with Gasteiger partial charge in [0, 0.05) is 11.6 Å². The van der Waals surface area contributed by atoms with Gasteiger partial charge in [-0.15, -0.1) is 0 Å². The summed E-state index contributed by atoms with van der Waals surface area (Å²) in [5.74, 6) is 0.746. The van der Waals surface area contributed by atoms with E-state index in [4.69, 9.17) is 28.6 Å². The van der Waals surface area contributed by atoms with Crippen molar-refractivity contribution in [1.82, 2.24) is 4.98 Å². The molecule has 1 N–H and O–H groups in total. The quantitative estimate of drug-likeness (QED) is 0.751. The fraction of sp³-hybridized carbons (Fsp3) is 0.100. The van der Waals surface area contributed by atoms with Crippen LogP contribution < -0.4 is 4.74 Å². The number of fused-ring (bicyclic) bond motifs is 1. The molecule has 0 radical (unpaired) electrons. The van der Waals surface area contributed by atoms with Crippen LogP contribution in [0.3, 0.4) is 0 Å². The smallest absolute Gasteiger partial charge is 0.143 e. The number of ether oxygens (including phenoxy) is 1. The van der Waals surface area contributed by atoms with E-state index in [-0.39, 0.29) is 0 Å². The van der Waals surface area contributed by atoms with Gasteiger partial charge in [0.2, 0.25) is 0 Å². The van der Waals surface area contributed by atoms with Crippen LogP contribution in [0, 0.1) is 4.51 Å². The Balaban J connectivity index is 2.99. The second-order valence-corrected chi connectivity index (χ2v) is 3.69. The topological polar surface area (TPSA) is 25.0 Å². The molecule has 0 spiro atoms. The standard InChI is InChI=1S/C10H8ClNOS/c1-13-7-3-2-6(11)9-8(14)4-5-12-10(7)9/h2-5H,1H3,(H,12,14). The van der Waals surface area contributed by atoms with Crippen LogP contribution in [0.5, 0.6) is 5.75 Å². The van der Waals surface area contributed by atoms with E-state index in [0.717, 1.165) is 21.2 Å². The van der Waals surface area contributed by atoms with Crippen LogP contribution in [0.1, 0.15) is 0 Å². The molecule has 2 nitrogen and oxygen atoms in total. The molecule has 0 unspecified atom stereocenters. The predicted octanol–water partition coefficient (Wildman–Crippen LogP) is 3.56. The molecule has 0 amide bonds. The van der Waals surface area contributed by atoms with Crippen LogP contribution in [-0.4, -0.2) is 12.1 Å².